The third-order valence-corrected chi connectivity index (χ3v) is 6.65. The van der Waals surface area contributed by atoms with Gasteiger partial charge in [-0.3, -0.25) is 4.90 Å². The van der Waals surface area contributed by atoms with Crippen LogP contribution in [0.4, 0.5) is 0 Å². The van der Waals surface area contributed by atoms with Crippen LogP contribution >= 0.6 is 0 Å². The molecule has 4 nitrogen and oxygen atoms in total. The first-order chi connectivity index (χ1) is 15.6. The number of rotatable bonds is 26. The maximum Gasteiger partial charge on any atom is 0.0667 e. The van der Waals surface area contributed by atoms with Gasteiger partial charge >= 0.3 is 0 Å². The summed E-state index contributed by atoms with van der Waals surface area (Å²) in [5.74, 6) is 0. The Morgan fingerprint density at radius 2 is 0.906 bits per heavy atom. The average Bonchev–Trinajstić information content (AvgIpc) is 2.77. The fourth-order valence-corrected chi connectivity index (χ4v) is 4.54. The van der Waals surface area contributed by atoms with Gasteiger partial charge in [0.2, 0.25) is 0 Å². The zero-order chi connectivity index (χ0) is 23.7. The maximum atomic E-state index is 10.5. The van der Waals surface area contributed by atoms with Crippen molar-refractivity contribution in [2.45, 2.75) is 154 Å². The Bertz CT molecular complexity index is 326. The normalized spacial score (nSPS) is 13.7. The van der Waals surface area contributed by atoms with Gasteiger partial charge < -0.3 is 15.9 Å². The minimum atomic E-state index is -0.275. The van der Waals surface area contributed by atoms with Crippen LogP contribution in [0.15, 0.2) is 0 Å². The van der Waals surface area contributed by atoms with Gasteiger partial charge in [0.05, 0.1) is 12.2 Å². The van der Waals surface area contributed by atoms with Gasteiger partial charge in [-0.2, -0.15) is 0 Å². The molecule has 0 aromatic rings. The Labute approximate surface area is 201 Å². The second kappa shape index (κ2) is 25.5. The molecule has 0 spiro atoms. The lowest BCUT2D eigenvalue weighted by atomic mass is 10.0. The van der Waals surface area contributed by atoms with E-state index in [4.69, 9.17) is 5.73 Å². The van der Waals surface area contributed by atoms with Gasteiger partial charge in [-0.15, -0.1) is 0 Å². The van der Waals surface area contributed by atoms with Gasteiger partial charge in [0.15, 0.2) is 0 Å². The summed E-state index contributed by atoms with van der Waals surface area (Å²) < 4.78 is 0. The Hall–Kier alpha value is -0.160. The summed E-state index contributed by atoms with van der Waals surface area (Å²) >= 11 is 0. The Balaban J connectivity index is 3.97. The van der Waals surface area contributed by atoms with Crippen LogP contribution in [0.2, 0.25) is 0 Å². The van der Waals surface area contributed by atoms with Crippen molar-refractivity contribution in [1.29, 1.82) is 0 Å². The molecule has 4 heteroatoms. The minimum Gasteiger partial charge on any atom is -0.392 e. The first kappa shape index (κ1) is 31.8. The molecule has 0 bridgehead atoms. The van der Waals surface area contributed by atoms with Crippen LogP contribution in [0.1, 0.15) is 142 Å². The number of unbranched alkanes of at least 4 members (excludes halogenated alkanes) is 15. The van der Waals surface area contributed by atoms with Gasteiger partial charge in [0.1, 0.15) is 0 Å². The van der Waals surface area contributed by atoms with Crippen molar-refractivity contribution in [3.05, 3.63) is 0 Å². The zero-order valence-electron chi connectivity index (χ0n) is 22.0. The van der Waals surface area contributed by atoms with E-state index in [2.05, 4.69) is 18.7 Å². The van der Waals surface area contributed by atoms with Crippen molar-refractivity contribution in [2.24, 2.45) is 5.73 Å². The van der Waals surface area contributed by atoms with Crippen molar-refractivity contribution in [1.82, 2.24) is 4.90 Å². The number of hydrogen-bond acceptors (Lipinski definition) is 4. The fourth-order valence-electron chi connectivity index (χ4n) is 4.54. The molecular formula is C28H60N2O2. The molecule has 0 fully saturated rings. The largest absolute Gasteiger partial charge is 0.392 e. The van der Waals surface area contributed by atoms with Crippen molar-refractivity contribution in [2.75, 3.05) is 26.2 Å². The van der Waals surface area contributed by atoms with E-state index >= 15 is 0 Å². The second-order valence-corrected chi connectivity index (χ2v) is 10.1. The molecule has 0 aliphatic carbocycles. The summed E-state index contributed by atoms with van der Waals surface area (Å²) in [4.78, 5) is 2.28. The van der Waals surface area contributed by atoms with E-state index in [-0.39, 0.29) is 12.2 Å². The Kier molecular flexibility index (Phi) is 25.3. The van der Waals surface area contributed by atoms with Gasteiger partial charge in [0, 0.05) is 13.1 Å². The van der Waals surface area contributed by atoms with E-state index in [1.807, 2.05) is 0 Å². The molecule has 0 radical (unpaired) electrons. The number of hydrogen-bond donors (Lipinski definition) is 3. The predicted octanol–water partition coefficient (Wildman–Crippen LogP) is 6.81. The van der Waals surface area contributed by atoms with E-state index in [1.165, 1.54) is 89.9 Å². The van der Waals surface area contributed by atoms with Gasteiger partial charge in [-0.05, 0) is 38.8 Å². The minimum absolute atomic E-state index is 0.275. The van der Waals surface area contributed by atoms with Crippen LogP contribution in [-0.2, 0) is 0 Å². The zero-order valence-corrected chi connectivity index (χ0v) is 22.0. The molecule has 4 N–H and O–H groups in total. The fraction of sp³-hybridized carbons (Fsp3) is 1.00. The second-order valence-electron chi connectivity index (χ2n) is 10.1. The highest BCUT2D eigenvalue weighted by Crippen LogP contribution is 2.14. The highest BCUT2D eigenvalue weighted by atomic mass is 16.3. The molecule has 2 unspecified atom stereocenters. The summed E-state index contributed by atoms with van der Waals surface area (Å²) in [7, 11) is 0. The molecule has 0 amide bonds. The molecule has 0 heterocycles. The predicted molar refractivity (Wildman–Crippen MR) is 141 cm³/mol. The van der Waals surface area contributed by atoms with E-state index in [1.54, 1.807) is 0 Å². The first-order valence-electron chi connectivity index (χ1n) is 14.4. The number of nitrogens with zero attached hydrogens (tertiary/aromatic N) is 1. The lowest BCUT2D eigenvalue weighted by Crippen LogP contribution is -2.38. The number of aliphatic hydroxyl groups excluding tert-OH is 2. The average molecular weight is 457 g/mol. The van der Waals surface area contributed by atoms with Crippen LogP contribution in [0.25, 0.3) is 0 Å². The van der Waals surface area contributed by atoms with Crippen LogP contribution in [-0.4, -0.2) is 53.5 Å². The molecule has 0 rings (SSSR count). The molecular weight excluding hydrogens is 396 g/mol. The quantitative estimate of drug-likeness (QED) is 0.125. The van der Waals surface area contributed by atoms with E-state index in [0.717, 1.165) is 51.6 Å². The SMILES string of the molecule is CCCCCCCCCCC(O)CN(CCCCN)CC(O)CCCCCCCCCC. The van der Waals surface area contributed by atoms with E-state index in [9.17, 15) is 10.2 Å². The van der Waals surface area contributed by atoms with E-state index in [0.29, 0.717) is 13.1 Å². The van der Waals surface area contributed by atoms with Crippen molar-refractivity contribution < 1.29 is 10.2 Å². The maximum absolute atomic E-state index is 10.5. The summed E-state index contributed by atoms with van der Waals surface area (Å²) in [5.41, 5.74) is 5.66. The van der Waals surface area contributed by atoms with Crippen molar-refractivity contribution >= 4 is 0 Å². The Morgan fingerprint density at radius 3 is 1.28 bits per heavy atom. The van der Waals surface area contributed by atoms with Gasteiger partial charge in [0.25, 0.3) is 0 Å². The van der Waals surface area contributed by atoms with Crippen molar-refractivity contribution in [3.63, 3.8) is 0 Å². The lowest BCUT2D eigenvalue weighted by molar-refractivity contribution is 0.0598. The summed E-state index contributed by atoms with van der Waals surface area (Å²) in [6.07, 6.45) is 24.1. The van der Waals surface area contributed by atoms with Crippen LogP contribution in [0, 0.1) is 0 Å². The lowest BCUT2D eigenvalue weighted by Gasteiger charge is -2.27. The van der Waals surface area contributed by atoms with Crippen LogP contribution in [0.3, 0.4) is 0 Å². The standard InChI is InChI=1S/C28H60N2O2/c1-3-5-7-9-11-13-15-17-21-27(31)25-30(24-20-19-23-29)26-28(32)22-18-16-14-12-10-8-6-4-2/h27-28,31-32H,3-26,29H2,1-2H3. The molecule has 32 heavy (non-hydrogen) atoms. The molecule has 0 aromatic heterocycles. The summed E-state index contributed by atoms with van der Waals surface area (Å²) in [6.45, 7) is 7.55. The van der Waals surface area contributed by atoms with Crippen molar-refractivity contribution in [3.8, 4) is 0 Å². The molecule has 0 aromatic carbocycles. The molecule has 0 aliphatic heterocycles. The third-order valence-electron chi connectivity index (χ3n) is 6.65. The smallest absolute Gasteiger partial charge is 0.0667 e. The first-order valence-corrected chi connectivity index (χ1v) is 14.4. The molecule has 0 saturated heterocycles. The highest BCUT2D eigenvalue weighted by molar-refractivity contribution is 4.70. The number of aliphatic hydroxyl groups is 2. The summed E-state index contributed by atoms with van der Waals surface area (Å²) in [6, 6.07) is 0. The molecule has 2 atom stereocenters. The highest BCUT2D eigenvalue weighted by Gasteiger charge is 2.15. The summed E-state index contributed by atoms with van der Waals surface area (Å²) in [5, 5.41) is 21.1. The third kappa shape index (κ3) is 23.0. The Morgan fingerprint density at radius 1 is 0.531 bits per heavy atom. The monoisotopic (exact) mass is 456 g/mol. The van der Waals surface area contributed by atoms with Crippen LogP contribution in [0.5, 0.6) is 0 Å². The molecule has 0 saturated carbocycles. The number of nitrogens with two attached hydrogens (primary N) is 1. The van der Waals surface area contributed by atoms with E-state index < -0.39 is 0 Å². The molecule has 194 valence electrons. The molecule has 0 aliphatic rings. The van der Waals surface area contributed by atoms with Gasteiger partial charge in [-0.1, -0.05) is 117 Å². The van der Waals surface area contributed by atoms with Gasteiger partial charge in [-0.25, -0.2) is 0 Å². The van der Waals surface area contributed by atoms with Crippen LogP contribution < -0.4 is 5.73 Å². The topological polar surface area (TPSA) is 69.7 Å².